The average Bonchev–Trinajstić information content (AvgIpc) is 2.92. The summed E-state index contributed by atoms with van der Waals surface area (Å²) in [7, 11) is 0. The summed E-state index contributed by atoms with van der Waals surface area (Å²) in [5.74, 6) is 0. The molecule has 0 aliphatic carbocycles. The van der Waals surface area contributed by atoms with Gasteiger partial charge in [0.1, 0.15) is 0 Å². The molecule has 2 unspecified atom stereocenters. The zero-order valence-corrected chi connectivity index (χ0v) is 15.2. The van der Waals surface area contributed by atoms with Crippen LogP contribution in [0.25, 0.3) is 0 Å². The quantitative estimate of drug-likeness (QED) is 0.790. The smallest absolute Gasteiger partial charge is 0.0867 e. The Morgan fingerprint density at radius 2 is 1.88 bits per heavy atom. The van der Waals surface area contributed by atoms with Crippen molar-refractivity contribution in [1.82, 2.24) is 9.88 Å². The van der Waals surface area contributed by atoms with Gasteiger partial charge in [-0.3, -0.25) is 9.88 Å². The number of rotatable bonds is 3. The van der Waals surface area contributed by atoms with E-state index in [0.29, 0.717) is 23.1 Å². The van der Waals surface area contributed by atoms with Crippen LogP contribution in [-0.4, -0.2) is 22.0 Å². The van der Waals surface area contributed by atoms with Crippen molar-refractivity contribution in [3.63, 3.8) is 0 Å². The van der Waals surface area contributed by atoms with Crippen molar-refractivity contribution >= 4 is 11.6 Å². The molecule has 2 aliphatic rings. The molecule has 2 aliphatic heterocycles. The molecule has 0 spiro atoms. The number of pyridine rings is 1. The number of hydrogen-bond acceptors (Lipinski definition) is 3. The number of fused-ring (bicyclic) bond motifs is 2. The number of benzene rings is 1. The first-order valence-electron chi connectivity index (χ1n) is 8.98. The van der Waals surface area contributed by atoms with E-state index in [1.807, 2.05) is 12.3 Å². The Balaban J connectivity index is 1.64. The summed E-state index contributed by atoms with van der Waals surface area (Å²) in [5.41, 5.74) is 1.87. The lowest BCUT2D eigenvalue weighted by atomic mass is 9.71. The molecule has 25 heavy (non-hydrogen) atoms. The van der Waals surface area contributed by atoms with Gasteiger partial charge >= 0.3 is 0 Å². The molecule has 2 fully saturated rings. The highest BCUT2D eigenvalue weighted by molar-refractivity contribution is 6.30. The molecule has 0 amide bonds. The summed E-state index contributed by atoms with van der Waals surface area (Å²) < 4.78 is 0. The summed E-state index contributed by atoms with van der Waals surface area (Å²) in [6, 6.07) is 16.5. The van der Waals surface area contributed by atoms with Gasteiger partial charge in [0.25, 0.3) is 0 Å². The van der Waals surface area contributed by atoms with E-state index in [-0.39, 0.29) is 0 Å². The summed E-state index contributed by atoms with van der Waals surface area (Å²) in [6.07, 6.45) is 7.51. The lowest BCUT2D eigenvalue weighted by Gasteiger charge is -2.46. The molecule has 2 bridgehead atoms. The van der Waals surface area contributed by atoms with E-state index in [1.165, 1.54) is 18.4 Å². The fraction of sp³-hybridized carbons (Fsp3) is 0.429. The fourth-order valence-electron chi connectivity index (χ4n) is 4.89. The molecule has 1 aromatic heterocycles. The van der Waals surface area contributed by atoms with Gasteiger partial charge in [-0.2, -0.15) is 5.26 Å². The molecule has 2 aromatic rings. The van der Waals surface area contributed by atoms with Crippen molar-refractivity contribution in [2.75, 3.05) is 0 Å². The normalized spacial score (nSPS) is 30.0. The lowest BCUT2D eigenvalue weighted by Crippen LogP contribution is -2.49. The van der Waals surface area contributed by atoms with Gasteiger partial charge in [0.05, 0.1) is 16.5 Å². The van der Waals surface area contributed by atoms with Crippen LogP contribution in [0.1, 0.15) is 49.8 Å². The molecule has 0 radical (unpaired) electrons. The molecule has 4 rings (SSSR count). The predicted octanol–water partition coefficient (Wildman–Crippen LogP) is 4.88. The minimum Gasteiger partial charge on any atom is -0.291 e. The number of nitrogens with zero attached hydrogens (tertiary/aromatic N) is 3. The van der Waals surface area contributed by atoms with Gasteiger partial charge in [0.2, 0.25) is 0 Å². The highest BCUT2D eigenvalue weighted by atomic mass is 35.5. The van der Waals surface area contributed by atoms with E-state index in [2.05, 4.69) is 53.2 Å². The first-order chi connectivity index (χ1) is 12.1. The molecule has 1 aromatic carbocycles. The number of halogens is 1. The molecule has 3 atom stereocenters. The Morgan fingerprint density at radius 1 is 1.20 bits per heavy atom. The van der Waals surface area contributed by atoms with Crippen LogP contribution in [0.3, 0.4) is 0 Å². The van der Waals surface area contributed by atoms with Crippen LogP contribution >= 0.6 is 11.6 Å². The maximum Gasteiger partial charge on any atom is 0.0867 e. The van der Waals surface area contributed by atoms with E-state index in [9.17, 15) is 5.26 Å². The van der Waals surface area contributed by atoms with Crippen LogP contribution in [0.2, 0.25) is 5.02 Å². The third kappa shape index (κ3) is 2.84. The first kappa shape index (κ1) is 16.6. The van der Waals surface area contributed by atoms with Crippen LogP contribution in [0.15, 0.2) is 48.8 Å². The molecule has 0 N–H and O–H groups in total. The van der Waals surface area contributed by atoms with Crippen molar-refractivity contribution in [2.24, 2.45) is 0 Å². The van der Waals surface area contributed by atoms with Gasteiger partial charge in [0.15, 0.2) is 0 Å². The Morgan fingerprint density at radius 3 is 2.48 bits per heavy atom. The third-order valence-corrected chi connectivity index (χ3v) is 6.25. The summed E-state index contributed by atoms with van der Waals surface area (Å²) in [4.78, 5) is 6.87. The Hall–Kier alpha value is -1.89. The van der Waals surface area contributed by atoms with E-state index >= 15 is 0 Å². The number of nitriles is 1. The third-order valence-electron chi connectivity index (χ3n) is 6.05. The van der Waals surface area contributed by atoms with Crippen molar-refractivity contribution in [3.05, 3.63) is 64.9 Å². The molecule has 128 valence electrons. The van der Waals surface area contributed by atoms with Crippen LogP contribution in [0.4, 0.5) is 0 Å². The Bertz CT molecular complexity index is 784. The monoisotopic (exact) mass is 351 g/mol. The SMILES string of the molecule is C[C@H](c1ccccc1)N1C2CCC1CC(C#N)(c1cncc(Cl)c1)C2. The second-order valence-corrected chi connectivity index (χ2v) is 7.85. The molecule has 3 nitrogen and oxygen atoms in total. The Kier molecular flexibility index (Phi) is 4.27. The number of piperidine rings is 1. The molecular formula is C21H22ClN3. The molecule has 3 heterocycles. The topological polar surface area (TPSA) is 39.9 Å². The lowest BCUT2D eigenvalue weighted by molar-refractivity contribution is 0.0667. The second kappa shape index (κ2) is 6.44. The minimum absolute atomic E-state index is 0.382. The minimum atomic E-state index is -0.462. The van der Waals surface area contributed by atoms with Crippen molar-refractivity contribution in [2.45, 2.75) is 56.1 Å². The number of hydrogen-bond donors (Lipinski definition) is 0. The largest absolute Gasteiger partial charge is 0.291 e. The molecule has 2 saturated heterocycles. The molecule has 0 saturated carbocycles. The van der Waals surface area contributed by atoms with Crippen LogP contribution < -0.4 is 0 Å². The van der Waals surface area contributed by atoms with E-state index in [4.69, 9.17) is 11.6 Å². The zero-order chi connectivity index (χ0) is 17.4. The van der Waals surface area contributed by atoms with Crippen LogP contribution in [0.5, 0.6) is 0 Å². The predicted molar refractivity (Wildman–Crippen MR) is 99.3 cm³/mol. The Labute approximate surface area is 154 Å². The van der Waals surface area contributed by atoms with Gasteiger partial charge in [0, 0.05) is 30.5 Å². The second-order valence-electron chi connectivity index (χ2n) is 7.41. The van der Waals surface area contributed by atoms with Gasteiger partial charge in [-0.25, -0.2) is 0 Å². The van der Waals surface area contributed by atoms with E-state index in [0.717, 1.165) is 18.4 Å². The fourth-order valence-corrected chi connectivity index (χ4v) is 5.06. The van der Waals surface area contributed by atoms with Crippen LogP contribution in [0, 0.1) is 11.3 Å². The molecule has 4 heteroatoms. The maximum absolute atomic E-state index is 10.1. The maximum atomic E-state index is 10.1. The van der Waals surface area contributed by atoms with E-state index < -0.39 is 5.41 Å². The van der Waals surface area contributed by atoms with Crippen LogP contribution in [-0.2, 0) is 5.41 Å². The van der Waals surface area contributed by atoms with Crippen molar-refractivity contribution in [1.29, 1.82) is 5.26 Å². The van der Waals surface area contributed by atoms with Crippen molar-refractivity contribution < 1.29 is 0 Å². The summed E-state index contributed by atoms with van der Waals surface area (Å²) >= 11 is 6.15. The average molecular weight is 352 g/mol. The zero-order valence-electron chi connectivity index (χ0n) is 14.4. The van der Waals surface area contributed by atoms with Gasteiger partial charge in [-0.05, 0) is 49.8 Å². The van der Waals surface area contributed by atoms with Gasteiger partial charge in [-0.15, -0.1) is 0 Å². The van der Waals surface area contributed by atoms with Gasteiger partial charge in [-0.1, -0.05) is 41.9 Å². The number of aromatic nitrogens is 1. The highest BCUT2D eigenvalue weighted by Gasteiger charge is 2.51. The summed E-state index contributed by atoms with van der Waals surface area (Å²) in [5, 5.41) is 10.7. The highest BCUT2D eigenvalue weighted by Crippen LogP contribution is 2.49. The summed E-state index contributed by atoms with van der Waals surface area (Å²) in [6.45, 7) is 2.29. The van der Waals surface area contributed by atoms with Crippen molar-refractivity contribution in [3.8, 4) is 6.07 Å². The van der Waals surface area contributed by atoms with Gasteiger partial charge < -0.3 is 0 Å². The first-order valence-corrected chi connectivity index (χ1v) is 9.35. The molecular weight excluding hydrogens is 330 g/mol. The van der Waals surface area contributed by atoms with E-state index in [1.54, 1.807) is 6.20 Å². The standard InChI is InChI=1S/C21H22ClN3/c1-15(16-5-3-2-4-6-16)25-19-7-8-20(25)11-21(10-19,14-23)17-9-18(22)13-24-12-17/h2-6,9,12-13,15,19-20H,7-8,10-11H2,1H3/t15-,19?,20?,21?/m1/s1.